The van der Waals surface area contributed by atoms with Gasteiger partial charge in [0.2, 0.25) is 0 Å². The zero-order chi connectivity index (χ0) is 15.2. The third-order valence-corrected chi connectivity index (χ3v) is 4.04. The number of piperidine rings is 1. The maximum atomic E-state index is 10.6. The van der Waals surface area contributed by atoms with Crippen LogP contribution in [0.5, 0.6) is 0 Å². The number of benzene rings is 1. The molecule has 0 aliphatic carbocycles. The maximum absolute atomic E-state index is 10.6. The molecular formula is C15H22N2O4. The Morgan fingerprint density at radius 3 is 2.29 bits per heavy atom. The summed E-state index contributed by atoms with van der Waals surface area (Å²) in [4.78, 5) is 12.6. The van der Waals surface area contributed by atoms with E-state index in [1.807, 2.05) is 12.1 Å². The molecule has 0 N–H and O–H groups in total. The number of nitro groups is 1. The molecule has 1 aliphatic heterocycles. The summed E-state index contributed by atoms with van der Waals surface area (Å²) in [6, 6.07) is 6.79. The number of methoxy groups -OCH3 is 2. The van der Waals surface area contributed by atoms with E-state index in [0.29, 0.717) is 5.92 Å². The molecule has 0 unspecified atom stereocenters. The topological polar surface area (TPSA) is 64.8 Å². The summed E-state index contributed by atoms with van der Waals surface area (Å²) in [6.45, 7) is 2.81. The molecule has 1 aromatic carbocycles. The zero-order valence-electron chi connectivity index (χ0n) is 12.5. The first-order valence-corrected chi connectivity index (χ1v) is 7.15. The van der Waals surface area contributed by atoms with E-state index in [-0.39, 0.29) is 16.9 Å². The van der Waals surface area contributed by atoms with Crippen molar-refractivity contribution in [1.82, 2.24) is 4.90 Å². The van der Waals surface area contributed by atoms with E-state index < -0.39 is 0 Å². The molecule has 0 atom stereocenters. The molecule has 0 spiro atoms. The van der Waals surface area contributed by atoms with Gasteiger partial charge < -0.3 is 9.47 Å². The molecule has 0 radical (unpaired) electrons. The SMILES string of the molecule is COC(OC)C1CCN(Cc2ccc([N+](=O)[O-])cc2)CC1. The van der Waals surface area contributed by atoms with Crippen LogP contribution in [0.25, 0.3) is 0 Å². The fourth-order valence-electron chi connectivity index (χ4n) is 2.85. The quantitative estimate of drug-likeness (QED) is 0.458. The molecule has 1 saturated heterocycles. The highest BCUT2D eigenvalue weighted by molar-refractivity contribution is 5.32. The van der Waals surface area contributed by atoms with E-state index in [2.05, 4.69) is 4.90 Å². The van der Waals surface area contributed by atoms with Gasteiger partial charge in [-0.3, -0.25) is 15.0 Å². The van der Waals surface area contributed by atoms with Gasteiger partial charge >= 0.3 is 0 Å². The van der Waals surface area contributed by atoms with Crippen LogP contribution in [0.15, 0.2) is 24.3 Å². The molecule has 1 fully saturated rings. The summed E-state index contributed by atoms with van der Waals surface area (Å²) < 4.78 is 10.6. The molecule has 1 aliphatic rings. The predicted octanol–water partition coefficient (Wildman–Crippen LogP) is 2.43. The highest BCUT2D eigenvalue weighted by atomic mass is 16.7. The van der Waals surface area contributed by atoms with Crippen LogP contribution in [0.2, 0.25) is 0 Å². The summed E-state index contributed by atoms with van der Waals surface area (Å²) in [7, 11) is 3.36. The minimum atomic E-state index is -0.370. The lowest BCUT2D eigenvalue weighted by atomic mass is 9.95. The van der Waals surface area contributed by atoms with Crippen LogP contribution in [0.1, 0.15) is 18.4 Å². The second-order valence-electron chi connectivity index (χ2n) is 5.38. The van der Waals surface area contributed by atoms with Crippen molar-refractivity contribution in [2.45, 2.75) is 25.7 Å². The van der Waals surface area contributed by atoms with Gasteiger partial charge in [0.05, 0.1) is 4.92 Å². The molecule has 1 aromatic rings. The molecule has 6 nitrogen and oxygen atoms in total. The van der Waals surface area contributed by atoms with E-state index in [9.17, 15) is 10.1 Å². The molecule has 0 saturated carbocycles. The fourth-order valence-corrected chi connectivity index (χ4v) is 2.85. The van der Waals surface area contributed by atoms with Crippen molar-refractivity contribution in [3.05, 3.63) is 39.9 Å². The molecular weight excluding hydrogens is 272 g/mol. The second-order valence-corrected chi connectivity index (χ2v) is 5.38. The number of rotatable bonds is 6. The van der Waals surface area contributed by atoms with E-state index in [1.54, 1.807) is 26.4 Å². The molecule has 21 heavy (non-hydrogen) atoms. The molecule has 116 valence electrons. The van der Waals surface area contributed by atoms with E-state index in [4.69, 9.17) is 9.47 Å². The number of ether oxygens (including phenoxy) is 2. The Morgan fingerprint density at radius 1 is 1.24 bits per heavy atom. The predicted molar refractivity (Wildman–Crippen MR) is 78.9 cm³/mol. The minimum Gasteiger partial charge on any atom is -0.356 e. The van der Waals surface area contributed by atoms with Crippen LogP contribution in [0.3, 0.4) is 0 Å². The first-order chi connectivity index (χ1) is 10.1. The van der Waals surface area contributed by atoms with Gasteiger partial charge in [-0.15, -0.1) is 0 Å². The van der Waals surface area contributed by atoms with Crippen molar-refractivity contribution in [3.8, 4) is 0 Å². The number of nitrogens with zero attached hydrogens (tertiary/aromatic N) is 2. The Hall–Kier alpha value is -1.50. The lowest BCUT2D eigenvalue weighted by Gasteiger charge is -2.34. The molecule has 0 bridgehead atoms. The van der Waals surface area contributed by atoms with Gasteiger partial charge in [0.1, 0.15) is 0 Å². The Labute approximate surface area is 124 Å². The first kappa shape index (κ1) is 15.9. The standard InChI is InChI=1S/C15H22N2O4/c1-20-15(21-2)13-7-9-16(10-8-13)11-12-3-5-14(6-4-12)17(18)19/h3-6,13,15H,7-11H2,1-2H3. The third kappa shape index (κ3) is 4.23. The summed E-state index contributed by atoms with van der Waals surface area (Å²) >= 11 is 0. The lowest BCUT2D eigenvalue weighted by Crippen LogP contribution is -2.38. The van der Waals surface area contributed by atoms with Crippen LogP contribution >= 0.6 is 0 Å². The first-order valence-electron chi connectivity index (χ1n) is 7.15. The van der Waals surface area contributed by atoms with Gasteiger partial charge in [-0.05, 0) is 31.5 Å². The van der Waals surface area contributed by atoms with E-state index >= 15 is 0 Å². The number of hydrogen-bond donors (Lipinski definition) is 0. The van der Waals surface area contributed by atoms with Gasteiger partial charge in [-0.2, -0.15) is 0 Å². The highest BCUT2D eigenvalue weighted by Gasteiger charge is 2.26. The van der Waals surface area contributed by atoms with Crippen molar-refractivity contribution in [2.75, 3.05) is 27.3 Å². The van der Waals surface area contributed by atoms with Gasteiger partial charge in [-0.1, -0.05) is 12.1 Å². The zero-order valence-corrected chi connectivity index (χ0v) is 12.5. The van der Waals surface area contributed by atoms with Crippen LogP contribution < -0.4 is 0 Å². The number of nitro benzene ring substituents is 1. The van der Waals surface area contributed by atoms with Crippen LogP contribution in [-0.4, -0.2) is 43.4 Å². The Kier molecular flexibility index (Phi) is 5.67. The van der Waals surface area contributed by atoms with Crippen molar-refractivity contribution in [2.24, 2.45) is 5.92 Å². The van der Waals surface area contributed by atoms with Gasteiger partial charge in [-0.25, -0.2) is 0 Å². The smallest absolute Gasteiger partial charge is 0.269 e. The van der Waals surface area contributed by atoms with Gasteiger partial charge in [0, 0.05) is 38.8 Å². The highest BCUT2D eigenvalue weighted by Crippen LogP contribution is 2.24. The average Bonchev–Trinajstić information content (AvgIpc) is 2.51. The van der Waals surface area contributed by atoms with Crippen molar-refractivity contribution >= 4 is 5.69 Å². The normalized spacial score (nSPS) is 17.3. The Bertz CT molecular complexity index is 451. The number of non-ortho nitro benzene ring substituents is 1. The average molecular weight is 294 g/mol. The Morgan fingerprint density at radius 2 is 1.81 bits per heavy atom. The largest absolute Gasteiger partial charge is 0.356 e. The molecule has 0 aromatic heterocycles. The van der Waals surface area contributed by atoms with Crippen LogP contribution in [0.4, 0.5) is 5.69 Å². The second kappa shape index (κ2) is 7.49. The third-order valence-electron chi connectivity index (χ3n) is 4.04. The summed E-state index contributed by atoms with van der Waals surface area (Å²) in [5.74, 6) is 0.438. The van der Waals surface area contributed by atoms with Crippen molar-refractivity contribution in [3.63, 3.8) is 0 Å². The molecule has 6 heteroatoms. The van der Waals surface area contributed by atoms with E-state index in [1.165, 1.54) is 0 Å². The van der Waals surface area contributed by atoms with Crippen molar-refractivity contribution < 1.29 is 14.4 Å². The monoisotopic (exact) mass is 294 g/mol. The number of hydrogen-bond acceptors (Lipinski definition) is 5. The summed E-state index contributed by atoms with van der Waals surface area (Å²) in [5.41, 5.74) is 1.24. The number of likely N-dealkylation sites (tertiary alicyclic amines) is 1. The maximum Gasteiger partial charge on any atom is 0.269 e. The Balaban J connectivity index is 1.84. The van der Waals surface area contributed by atoms with Gasteiger partial charge in [0.25, 0.3) is 5.69 Å². The summed E-state index contributed by atoms with van der Waals surface area (Å²) in [6.07, 6.45) is 1.96. The van der Waals surface area contributed by atoms with Crippen LogP contribution in [0, 0.1) is 16.0 Å². The van der Waals surface area contributed by atoms with Gasteiger partial charge in [0.15, 0.2) is 6.29 Å². The van der Waals surface area contributed by atoms with Crippen molar-refractivity contribution in [1.29, 1.82) is 0 Å². The van der Waals surface area contributed by atoms with E-state index in [0.717, 1.165) is 38.0 Å². The molecule has 0 amide bonds. The lowest BCUT2D eigenvalue weighted by molar-refractivity contribution is -0.384. The summed E-state index contributed by atoms with van der Waals surface area (Å²) in [5, 5.41) is 10.6. The minimum absolute atomic E-state index is 0.119. The molecule has 1 heterocycles. The van der Waals surface area contributed by atoms with Crippen LogP contribution in [-0.2, 0) is 16.0 Å². The molecule has 2 rings (SSSR count). The fraction of sp³-hybridized carbons (Fsp3) is 0.600.